The molecule has 6 nitrogen and oxygen atoms in total. The molecule has 2 N–H and O–H groups in total. The van der Waals surface area contributed by atoms with E-state index in [2.05, 4.69) is 4.74 Å². The van der Waals surface area contributed by atoms with Crippen molar-refractivity contribution < 1.29 is 44.5 Å². The van der Waals surface area contributed by atoms with E-state index in [4.69, 9.17) is 4.55 Å². The molecule has 0 heterocycles. The van der Waals surface area contributed by atoms with E-state index < -0.39 is 33.7 Å². The van der Waals surface area contributed by atoms with E-state index in [1.807, 2.05) is 0 Å². The van der Waals surface area contributed by atoms with Crippen LogP contribution in [-0.4, -0.2) is 36.6 Å². The number of carbonyl (C=O) groups is 1. The van der Waals surface area contributed by atoms with Gasteiger partial charge in [0.2, 0.25) is 0 Å². The van der Waals surface area contributed by atoms with Gasteiger partial charge in [0.1, 0.15) is 0 Å². The number of amides is 1. The van der Waals surface area contributed by atoms with Gasteiger partial charge >= 0.3 is 27.6 Å². The second-order valence-corrected chi connectivity index (χ2v) is 5.70. The van der Waals surface area contributed by atoms with Crippen LogP contribution in [0.5, 0.6) is 0 Å². The molecule has 0 radical (unpaired) electrons. The summed E-state index contributed by atoms with van der Waals surface area (Å²) < 4.78 is 96.3. The number of halogens is 5. The maximum atomic E-state index is 13.2. The van der Waals surface area contributed by atoms with Crippen molar-refractivity contribution in [2.75, 3.05) is 0 Å². The van der Waals surface area contributed by atoms with Gasteiger partial charge in [-0.2, -0.15) is 30.4 Å². The summed E-state index contributed by atoms with van der Waals surface area (Å²) in [6.07, 6.45) is -12.2. The second-order valence-electron chi connectivity index (χ2n) is 4.20. The van der Waals surface area contributed by atoms with Gasteiger partial charge in [0.15, 0.2) is 0 Å². The Morgan fingerprint density at radius 1 is 1.17 bits per heavy atom. The van der Waals surface area contributed by atoms with Crippen molar-refractivity contribution in [3.63, 3.8) is 0 Å². The lowest BCUT2D eigenvalue weighted by Crippen LogP contribution is -2.53. The van der Waals surface area contributed by atoms with Crippen LogP contribution in [0, 0.1) is 0 Å². The van der Waals surface area contributed by atoms with Crippen LogP contribution in [0.15, 0.2) is 30.3 Å². The maximum absolute atomic E-state index is 13.2. The molecule has 12 heteroatoms. The Kier molecular flexibility index (Phi) is 5.53. The summed E-state index contributed by atoms with van der Waals surface area (Å²) in [6.45, 7) is -0.346. The first kappa shape index (κ1) is 19.1. The number of hydrogen-bond acceptors (Lipinski definition) is 4. The Morgan fingerprint density at radius 2 is 1.70 bits per heavy atom. The molecular weight excluding hydrogens is 353 g/mol. The molecule has 1 aromatic carbocycles. The van der Waals surface area contributed by atoms with Crippen LogP contribution in [0.4, 0.5) is 26.7 Å². The van der Waals surface area contributed by atoms with E-state index in [1.54, 1.807) is 23.5 Å². The predicted molar refractivity (Wildman–Crippen MR) is 66.1 cm³/mol. The molecular formula is C11H10F5NO5S. The molecule has 0 aliphatic rings. The van der Waals surface area contributed by atoms with Gasteiger partial charge in [0.25, 0.3) is 6.10 Å². The zero-order valence-corrected chi connectivity index (χ0v) is 11.9. The van der Waals surface area contributed by atoms with Crippen LogP contribution in [0.1, 0.15) is 5.56 Å². The minimum absolute atomic E-state index is 0.346. The molecule has 0 fully saturated rings. The summed E-state index contributed by atoms with van der Waals surface area (Å²) in [5.74, 6) is 0. The first-order valence-electron chi connectivity index (χ1n) is 5.75. The molecule has 0 aromatic heterocycles. The third-order valence-corrected chi connectivity index (χ3v) is 3.35. The predicted octanol–water partition coefficient (Wildman–Crippen LogP) is 2.32. The van der Waals surface area contributed by atoms with E-state index in [-0.39, 0.29) is 6.54 Å². The molecule has 1 atom stereocenters. The Bertz CT molecular complexity index is 647. The summed E-state index contributed by atoms with van der Waals surface area (Å²) in [4.78, 5) is 11.2. The summed E-state index contributed by atoms with van der Waals surface area (Å²) in [7, 11) is -6.46. The lowest BCUT2D eigenvalue weighted by atomic mass is 10.2. The van der Waals surface area contributed by atoms with E-state index in [0.29, 0.717) is 5.56 Å². The van der Waals surface area contributed by atoms with Gasteiger partial charge in [-0.15, -0.1) is 0 Å². The van der Waals surface area contributed by atoms with Crippen molar-refractivity contribution in [1.29, 1.82) is 0 Å². The second kappa shape index (κ2) is 6.66. The average molecular weight is 363 g/mol. The molecule has 0 aliphatic heterocycles. The van der Waals surface area contributed by atoms with Gasteiger partial charge in [-0.05, 0) is 5.56 Å². The number of alkyl carbamates (subject to hydrolysis) is 1. The standard InChI is InChI=1S/C11H10F5NO5S/c12-10(13,14)8(11(15,16)23(19,20)21)22-9(18)17-6-7-4-2-1-3-5-7/h1-5,8H,6H2,(H,17,18)(H,19,20,21). The summed E-state index contributed by atoms with van der Waals surface area (Å²) in [5, 5.41) is -4.00. The summed E-state index contributed by atoms with van der Waals surface area (Å²) >= 11 is 0. The minimum atomic E-state index is -6.46. The molecule has 23 heavy (non-hydrogen) atoms. The van der Waals surface area contributed by atoms with Crippen molar-refractivity contribution >= 4 is 16.2 Å². The maximum Gasteiger partial charge on any atom is 0.432 e. The number of rotatable bonds is 5. The van der Waals surface area contributed by atoms with Crippen molar-refractivity contribution in [2.24, 2.45) is 0 Å². The van der Waals surface area contributed by atoms with Gasteiger partial charge < -0.3 is 10.1 Å². The highest BCUT2D eigenvalue weighted by Gasteiger charge is 2.66. The highest BCUT2D eigenvalue weighted by molar-refractivity contribution is 7.86. The zero-order valence-electron chi connectivity index (χ0n) is 11.0. The minimum Gasteiger partial charge on any atom is -0.429 e. The lowest BCUT2D eigenvalue weighted by Gasteiger charge is -2.26. The van der Waals surface area contributed by atoms with Gasteiger partial charge in [-0.25, -0.2) is 4.79 Å². The van der Waals surface area contributed by atoms with E-state index in [9.17, 15) is 35.2 Å². The summed E-state index contributed by atoms with van der Waals surface area (Å²) in [5.41, 5.74) is 0.426. The SMILES string of the molecule is O=C(NCc1ccccc1)OC(C(F)(F)F)C(F)(F)S(=O)(=O)O. The van der Waals surface area contributed by atoms with Crippen LogP contribution >= 0.6 is 0 Å². The first-order valence-corrected chi connectivity index (χ1v) is 7.19. The number of hydrogen-bond donors (Lipinski definition) is 2. The first-order chi connectivity index (χ1) is 10.4. The zero-order chi connectivity index (χ0) is 17.9. The van der Waals surface area contributed by atoms with Crippen LogP contribution in [-0.2, 0) is 21.4 Å². The fourth-order valence-corrected chi connectivity index (χ4v) is 1.83. The largest absolute Gasteiger partial charge is 0.432 e. The van der Waals surface area contributed by atoms with Crippen LogP contribution in [0.3, 0.4) is 0 Å². The fourth-order valence-electron chi connectivity index (χ4n) is 1.38. The molecule has 1 unspecified atom stereocenters. The van der Waals surface area contributed by atoms with E-state index in [0.717, 1.165) is 0 Å². The Balaban J connectivity index is 2.85. The van der Waals surface area contributed by atoms with Crippen LogP contribution in [0.2, 0.25) is 0 Å². The third-order valence-electron chi connectivity index (χ3n) is 2.45. The molecule has 0 saturated heterocycles. The fraction of sp³-hybridized carbons (Fsp3) is 0.364. The Morgan fingerprint density at radius 3 is 2.13 bits per heavy atom. The highest BCUT2D eigenvalue weighted by Crippen LogP contribution is 2.37. The van der Waals surface area contributed by atoms with Gasteiger partial charge in [-0.3, -0.25) is 4.55 Å². The molecule has 0 aliphatic carbocycles. The monoisotopic (exact) mass is 363 g/mol. The Hall–Kier alpha value is -1.95. The molecule has 0 spiro atoms. The molecule has 130 valence electrons. The lowest BCUT2D eigenvalue weighted by molar-refractivity contribution is -0.247. The van der Waals surface area contributed by atoms with Crippen LogP contribution in [0.25, 0.3) is 0 Å². The molecule has 0 bridgehead atoms. The van der Waals surface area contributed by atoms with Gasteiger partial charge in [0, 0.05) is 6.54 Å². The van der Waals surface area contributed by atoms with E-state index in [1.165, 1.54) is 12.1 Å². The molecule has 1 rings (SSSR count). The quantitative estimate of drug-likeness (QED) is 0.619. The number of nitrogens with one attached hydrogen (secondary N) is 1. The number of benzene rings is 1. The van der Waals surface area contributed by atoms with Crippen molar-refractivity contribution in [3.8, 4) is 0 Å². The normalized spacial score (nSPS) is 14.2. The highest BCUT2D eigenvalue weighted by atomic mass is 32.2. The smallest absolute Gasteiger partial charge is 0.429 e. The average Bonchev–Trinajstić information content (AvgIpc) is 2.41. The van der Waals surface area contributed by atoms with Crippen molar-refractivity contribution in [2.45, 2.75) is 24.1 Å². The number of carbonyl (C=O) groups excluding carboxylic acids is 1. The van der Waals surface area contributed by atoms with Gasteiger partial charge in [-0.1, -0.05) is 30.3 Å². The molecule has 1 amide bonds. The number of alkyl halides is 5. The van der Waals surface area contributed by atoms with E-state index >= 15 is 0 Å². The number of ether oxygens (including phenoxy) is 1. The molecule has 0 saturated carbocycles. The van der Waals surface area contributed by atoms with Crippen molar-refractivity contribution in [1.82, 2.24) is 5.32 Å². The topological polar surface area (TPSA) is 92.7 Å². The van der Waals surface area contributed by atoms with Crippen LogP contribution < -0.4 is 5.32 Å². The third kappa shape index (κ3) is 5.03. The molecule has 1 aromatic rings. The van der Waals surface area contributed by atoms with Gasteiger partial charge in [0.05, 0.1) is 0 Å². The Labute approximate surface area is 127 Å². The summed E-state index contributed by atoms with van der Waals surface area (Å²) in [6, 6.07) is 7.68. The van der Waals surface area contributed by atoms with Crippen molar-refractivity contribution in [3.05, 3.63) is 35.9 Å².